The summed E-state index contributed by atoms with van der Waals surface area (Å²) in [5, 5.41) is 4.01. The first-order valence-corrected chi connectivity index (χ1v) is 8.21. The van der Waals surface area contributed by atoms with Crippen LogP contribution in [0.5, 0.6) is 0 Å². The van der Waals surface area contributed by atoms with Crippen molar-refractivity contribution in [2.45, 2.75) is 12.5 Å². The highest BCUT2D eigenvalue weighted by atomic mass is 35.5. The monoisotopic (exact) mass is 323 g/mol. The third-order valence-electron chi connectivity index (χ3n) is 4.23. The van der Waals surface area contributed by atoms with Gasteiger partial charge in [-0.1, -0.05) is 11.6 Å². The second-order valence-corrected chi connectivity index (χ2v) is 6.18. The van der Waals surface area contributed by atoms with Gasteiger partial charge in [-0.15, -0.1) is 0 Å². The van der Waals surface area contributed by atoms with E-state index < -0.39 is 0 Å². The molecule has 0 spiro atoms. The molecule has 0 radical (unpaired) electrons. The van der Waals surface area contributed by atoms with Gasteiger partial charge in [0.05, 0.1) is 19.1 Å². The number of carbonyl (C=O) groups excluding carboxylic acids is 1. The van der Waals surface area contributed by atoms with Crippen LogP contribution < -0.4 is 10.2 Å². The van der Waals surface area contributed by atoms with E-state index in [1.807, 2.05) is 29.2 Å². The molecular formula is C16H22ClN3O2. The Hall–Kier alpha value is -1.30. The summed E-state index contributed by atoms with van der Waals surface area (Å²) in [6.07, 6.45) is 0.504. The fraction of sp³-hybridized carbons (Fsp3) is 0.562. The average Bonchev–Trinajstić information content (AvgIpc) is 2.57. The predicted octanol–water partition coefficient (Wildman–Crippen LogP) is 1.37. The number of carbonyl (C=O) groups is 1. The Kier molecular flexibility index (Phi) is 5.18. The number of morpholine rings is 1. The summed E-state index contributed by atoms with van der Waals surface area (Å²) in [7, 11) is 0. The Balaban J connectivity index is 1.48. The lowest BCUT2D eigenvalue weighted by Crippen LogP contribution is -2.50. The first-order chi connectivity index (χ1) is 10.7. The van der Waals surface area contributed by atoms with Crippen LogP contribution in [0.3, 0.4) is 0 Å². The van der Waals surface area contributed by atoms with Gasteiger partial charge in [0.1, 0.15) is 0 Å². The van der Waals surface area contributed by atoms with Crippen molar-refractivity contribution in [2.75, 3.05) is 50.8 Å². The van der Waals surface area contributed by atoms with Crippen molar-refractivity contribution in [3.05, 3.63) is 29.3 Å². The van der Waals surface area contributed by atoms with Crippen LogP contribution in [0, 0.1) is 0 Å². The summed E-state index contributed by atoms with van der Waals surface area (Å²) in [6.45, 7) is 5.60. The molecule has 0 saturated carbocycles. The maximum Gasteiger partial charge on any atom is 0.225 e. The fourth-order valence-corrected chi connectivity index (χ4v) is 3.07. The lowest BCUT2D eigenvalue weighted by atomic mass is 10.2. The Morgan fingerprint density at radius 3 is 2.59 bits per heavy atom. The lowest BCUT2D eigenvalue weighted by molar-refractivity contribution is -0.135. The highest BCUT2D eigenvalue weighted by molar-refractivity contribution is 6.30. The van der Waals surface area contributed by atoms with E-state index in [-0.39, 0.29) is 12.0 Å². The van der Waals surface area contributed by atoms with E-state index in [2.05, 4.69) is 10.2 Å². The number of nitrogens with one attached hydrogen (secondary N) is 1. The van der Waals surface area contributed by atoms with E-state index in [4.69, 9.17) is 16.3 Å². The molecule has 6 heteroatoms. The molecule has 1 aromatic carbocycles. The highest BCUT2D eigenvalue weighted by Gasteiger charge is 2.24. The average molecular weight is 324 g/mol. The number of benzene rings is 1. The van der Waals surface area contributed by atoms with Gasteiger partial charge < -0.3 is 19.9 Å². The van der Waals surface area contributed by atoms with E-state index in [0.717, 1.165) is 50.0 Å². The zero-order valence-corrected chi connectivity index (χ0v) is 13.4. The van der Waals surface area contributed by atoms with E-state index in [1.54, 1.807) is 0 Å². The van der Waals surface area contributed by atoms with Crippen LogP contribution in [0.4, 0.5) is 5.69 Å². The van der Waals surface area contributed by atoms with Gasteiger partial charge in [0.15, 0.2) is 0 Å². The van der Waals surface area contributed by atoms with Crippen LogP contribution >= 0.6 is 11.6 Å². The molecule has 0 aromatic heterocycles. The maximum absolute atomic E-state index is 12.3. The minimum Gasteiger partial charge on any atom is -0.375 e. The largest absolute Gasteiger partial charge is 0.375 e. The summed E-state index contributed by atoms with van der Waals surface area (Å²) in [5.74, 6) is 0.199. The van der Waals surface area contributed by atoms with Gasteiger partial charge in [0, 0.05) is 50.0 Å². The SMILES string of the molecule is O=C(CC1CNCCO1)N1CCN(c2ccc(Cl)cc2)CC1. The number of hydrogen-bond acceptors (Lipinski definition) is 4. The molecular weight excluding hydrogens is 302 g/mol. The minimum atomic E-state index is 0.0237. The van der Waals surface area contributed by atoms with Crippen molar-refractivity contribution in [3.63, 3.8) is 0 Å². The van der Waals surface area contributed by atoms with Crippen molar-refractivity contribution in [1.82, 2.24) is 10.2 Å². The zero-order valence-electron chi connectivity index (χ0n) is 12.6. The molecule has 2 fully saturated rings. The normalized spacial score (nSPS) is 22.7. The second kappa shape index (κ2) is 7.31. The molecule has 1 atom stereocenters. The number of halogens is 1. The Morgan fingerprint density at radius 2 is 1.95 bits per heavy atom. The molecule has 22 heavy (non-hydrogen) atoms. The van der Waals surface area contributed by atoms with E-state index >= 15 is 0 Å². The number of piperazine rings is 1. The standard InChI is InChI=1S/C16H22ClN3O2/c17-13-1-3-14(4-2-13)19-6-8-20(9-7-19)16(21)11-15-12-18-5-10-22-15/h1-4,15,18H,5-12H2. The molecule has 2 saturated heterocycles. The number of nitrogens with zero attached hydrogens (tertiary/aromatic N) is 2. The van der Waals surface area contributed by atoms with Crippen LogP contribution in [-0.2, 0) is 9.53 Å². The van der Waals surface area contributed by atoms with Gasteiger partial charge in [-0.3, -0.25) is 4.79 Å². The number of hydrogen-bond donors (Lipinski definition) is 1. The zero-order chi connectivity index (χ0) is 15.4. The molecule has 1 unspecified atom stereocenters. The molecule has 5 nitrogen and oxygen atoms in total. The first kappa shape index (κ1) is 15.6. The molecule has 3 rings (SSSR count). The van der Waals surface area contributed by atoms with Gasteiger partial charge in [-0.25, -0.2) is 0 Å². The highest BCUT2D eigenvalue weighted by Crippen LogP contribution is 2.19. The number of ether oxygens (including phenoxy) is 1. The molecule has 0 aliphatic carbocycles. The Morgan fingerprint density at radius 1 is 1.23 bits per heavy atom. The van der Waals surface area contributed by atoms with Gasteiger partial charge >= 0.3 is 0 Å². The van der Waals surface area contributed by atoms with Crippen molar-refractivity contribution >= 4 is 23.2 Å². The second-order valence-electron chi connectivity index (χ2n) is 5.75. The van der Waals surface area contributed by atoms with Crippen LogP contribution in [0.1, 0.15) is 6.42 Å². The predicted molar refractivity (Wildman–Crippen MR) is 87.5 cm³/mol. The van der Waals surface area contributed by atoms with Crippen molar-refractivity contribution in [1.29, 1.82) is 0 Å². The molecule has 1 amide bonds. The quantitative estimate of drug-likeness (QED) is 0.912. The summed E-state index contributed by atoms with van der Waals surface area (Å²) in [4.78, 5) is 16.6. The maximum atomic E-state index is 12.3. The number of amides is 1. The van der Waals surface area contributed by atoms with E-state index in [0.29, 0.717) is 13.0 Å². The van der Waals surface area contributed by atoms with Crippen LogP contribution in [0.15, 0.2) is 24.3 Å². The van der Waals surface area contributed by atoms with Crippen molar-refractivity contribution < 1.29 is 9.53 Å². The smallest absolute Gasteiger partial charge is 0.225 e. The summed E-state index contributed by atoms with van der Waals surface area (Å²) >= 11 is 5.92. The summed E-state index contributed by atoms with van der Waals surface area (Å²) < 4.78 is 5.61. The van der Waals surface area contributed by atoms with Gasteiger partial charge in [-0.05, 0) is 24.3 Å². The van der Waals surface area contributed by atoms with Crippen molar-refractivity contribution in [3.8, 4) is 0 Å². The summed E-state index contributed by atoms with van der Waals surface area (Å²) in [5.41, 5.74) is 1.16. The van der Waals surface area contributed by atoms with Gasteiger partial charge in [0.25, 0.3) is 0 Å². The van der Waals surface area contributed by atoms with E-state index in [1.165, 1.54) is 0 Å². The van der Waals surface area contributed by atoms with Gasteiger partial charge in [-0.2, -0.15) is 0 Å². The molecule has 2 heterocycles. The lowest BCUT2D eigenvalue weighted by Gasteiger charge is -2.37. The third kappa shape index (κ3) is 3.91. The molecule has 1 N–H and O–H groups in total. The van der Waals surface area contributed by atoms with Crippen LogP contribution in [0.25, 0.3) is 0 Å². The van der Waals surface area contributed by atoms with Gasteiger partial charge in [0.2, 0.25) is 5.91 Å². The molecule has 0 bridgehead atoms. The topological polar surface area (TPSA) is 44.8 Å². The number of anilines is 1. The molecule has 2 aliphatic rings. The first-order valence-electron chi connectivity index (χ1n) is 7.83. The summed E-state index contributed by atoms with van der Waals surface area (Å²) in [6, 6.07) is 7.87. The molecule has 2 aliphatic heterocycles. The number of rotatable bonds is 3. The van der Waals surface area contributed by atoms with Crippen LogP contribution in [-0.4, -0.2) is 62.8 Å². The fourth-order valence-electron chi connectivity index (χ4n) is 2.94. The minimum absolute atomic E-state index is 0.0237. The molecule has 120 valence electrons. The third-order valence-corrected chi connectivity index (χ3v) is 4.48. The van der Waals surface area contributed by atoms with Crippen LogP contribution in [0.2, 0.25) is 5.02 Å². The van der Waals surface area contributed by atoms with E-state index in [9.17, 15) is 4.79 Å². The molecule has 1 aromatic rings. The Bertz CT molecular complexity index is 495. The van der Waals surface area contributed by atoms with Crippen molar-refractivity contribution in [2.24, 2.45) is 0 Å². The Labute approximate surface area is 136 Å².